The molecular formula is C18H26N2OS. The van der Waals surface area contributed by atoms with Crippen molar-refractivity contribution in [3.8, 4) is 5.75 Å². The molecule has 1 heterocycles. The first-order chi connectivity index (χ1) is 10.5. The molecule has 0 radical (unpaired) electrons. The first-order valence-corrected chi connectivity index (χ1v) is 9.20. The van der Waals surface area contributed by atoms with Crippen molar-refractivity contribution in [2.45, 2.75) is 71.9 Å². The molecule has 22 heavy (non-hydrogen) atoms. The Balaban J connectivity index is 1.89. The topological polar surface area (TPSA) is 34.1 Å². The lowest BCUT2D eigenvalue weighted by Gasteiger charge is -2.22. The zero-order chi connectivity index (χ0) is 15.7. The van der Waals surface area contributed by atoms with Gasteiger partial charge < -0.3 is 10.1 Å². The Bertz CT molecular complexity index is 657. The third-order valence-electron chi connectivity index (χ3n) is 4.50. The number of benzene rings is 1. The molecule has 0 spiro atoms. The number of thiazole rings is 1. The van der Waals surface area contributed by atoms with Gasteiger partial charge in [0.15, 0.2) is 5.13 Å². The van der Waals surface area contributed by atoms with Crippen LogP contribution in [0.25, 0.3) is 10.2 Å². The highest BCUT2D eigenvalue weighted by molar-refractivity contribution is 7.22. The van der Waals surface area contributed by atoms with Crippen LogP contribution in [0.5, 0.6) is 5.75 Å². The maximum Gasteiger partial charge on any atom is 0.184 e. The fraction of sp³-hybridized carbons (Fsp3) is 0.611. The van der Waals surface area contributed by atoms with Gasteiger partial charge in [0.2, 0.25) is 0 Å². The molecule has 1 aliphatic rings. The number of aryl methyl sites for hydroxylation is 1. The highest BCUT2D eigenvalue weighted by Gasteiger charge is 2.17. The van der Waals surface area contributed by atoms with E-state index in [1.807, 2.05) is 0 Å². The maximum atomic E-state index is 5.95. The van der Waals surface area contributed by atoms with Crippen LogP contribution in [0.2, 0.25) is 0 Å². The molecule has 3 rings (SSSR count). The monoisotopic (exact) mass is 318 g/mol. The van der Waals surface area contributed by atoms with Crippen LogP contribution < -0.4 is 10.1 Å². The summed E-state index contributed by atoms with van der Waals surface area (Å²) in [6.07, 6.45) is 6.81. The normalized spacial score (nSPS) is 16.4. The summed E-state index contributed by atoms with van der Waals surface area (Å²) in [4.78, 5) is 4.84. The zero-order valence-corrected chi connectivity index (χ0v) is 14.8. The van der Waals surface area contributed by atoms with E-state index in [-0.39, 0.29) is 6.10 Å². The minimum Gasteiger partial charge on any atom is -0.491 e. The number of nitrogens with zero attached hydrogens (tertiary/aromatic N) is 1. The van der Waals surface area contributed by atoms with E-state index in [1.54, 1.807) is 11.3 Å². The van der Waals surface area contributed by atoms with Crippen LogP contribution in [0, 0.1) is 13.8 Å². The fourth-order valence-corrected chi connectivity index (χ4v) is 4.18. The van der Waals surface area contributed by atoms with Crippen LogP contribution in [0.1, 0.15) is 57.1 Å². The maximum absolute atomic E-state index is 5.95. The van der Waals surface area contributed by atoms with Gasteiger partial charge in [0.1, 0.15) is 5.75 Å². The van der Waals surface area contributed by atoms with Gasteiger partial charge >= 0.3 is 0 Å². The molecule has 3 nitrogen and oxygen atoms in total. The first kappa shape index (κ1) is 15.6. The highest BCUT2D eigenvalue weighted by atomic mass is 32.1. The van der Waals surface area contributed by atoms with Crippen molar-refractivity contribution < 1.29 is 4.74 Å². The summed E-state index contributed by atoms with van der Waals surface area (Å²) < 4.78 is 7.17. The van der Waals surface area contributed by atoms with Crippen molar-refractivity contribution in [2.24, 2.45) is 0 Å². The molecular weight excluding hydrogens is 292 g/mol. The molecule has 1 aliphatic carbocycles. The average Bonchev–Trinajstić information content (AvgIpc) is 2.88. The molecule has 0 unspecified atom stereocenters. The van der Waals surface area contributed by atoms with Crippen LogP contribution in [0.15, 0.2) is 6.07 Å². The van der Waals surface area contributed by atoms with E-state index in [4.69, 9.17) is 9.72 Å². The number of ether oxygens (including phenoxy) is 1. The molecule has 0 aliphatic heterocycles. The van der Waals surface area contributed by atoms with Gasteiger partial charge in [-0.05, 0) is 57.7 Å². The van der Waals surface area contributed by atoms with Crippen molar-refractivity contribution >= 4 is 26.7 Å². The van der Waals surface area contributed by atoms with E-state index in [2.05, 4.69) is 39.1 Å². The van der Waals surface area contributed by atoms with E-state index < -0.39 is 0 Å². The Morgan fingerprint density at radius 2 is 1.91 bits per heavy atom. The summed E-state index contributed by atoms with van der Waals surface area (Å²) in [5.74, 6) is 0.993. The number of hydrogen-bond acceptors (Lipinski definition) is 4. The molecule has 1 aromatic carbocycles. The largest absolute Gasteiger partial charge is 0.491 e. The van der Waals surface area contributed by atoms with Gasteiger partial charge in [0, 0.05) is 6.04 Å². The zero-order valence-electron chi connectivity index (χ0n) is 14.0. The Morgan fingerprint density at radius 3 is 2.59 bits per heavy atom. The van der Waals surface area contributed by atoms with E-state index in [0.717, 1.165) is 16.4 Å². The molecule has 4 heteroatoms. The molecule has 120 valence electrons. The predicted octanol–water partition coefficient (Wildman–Crippen LogP) is 5.44. The Kier molecular flexibility index (Phi) is 4.57. The average molecular weight is 318 g/mol. The van der Waals surface area contributed by atoms with Crippen LogP contribution in [-0.4, -0.2) is 17.1 Å². The lowest BCUT2D eigenvalue weighted by Crippen LogP contribution is -2.21. The third-order valence-corrected chi connectivity index (χ3v) is 5.43. The molecule has 0 bridgehead atoms. The molecule has 2 aromatic rings. The fourth-order valence-electron chi connectivity index (χ4n) is 3.15. The van der Waals surface area contributed by atoms with Gasteiger partial charge in [-0.1, -0.05) is 30.6 Å². The third kappa shape index (κ3) is 3.22. The second kappa shape index (κ2) is 6.45. The van der Waals surface area contributed by atoms with Gasteiger partial charge in [0.05, 0.1) is 16.3 Å². The summed E-state index contributed by atoms with van der Waals surface area (Å²) in [5.41, 5.74) is 3.56. The van der Waals surface area contributed by atoms with Crippen molar-refractivity contribution in [1.29, 1.82) is 0 Å². The molecule has 0 atom stereocenters. The van der Waals surface area contributed by atoms with Gasteiger partial charge in [-0.25, -0.2) is 4.98 Å². The van der Waals surface area contributed by atoms with Crippen LogP contribution >= 0.6 is 11.3 Å². The smallest absolute Gasteiger partial charge is 0.184 e. The summed E-state index contributed by atoms with van der Waals surface area (Å²) in [6.45, 7) is 8.42. The minimum absolute atomic E-state index is 0.198. The van der Waals surface area contributed by atoms with Crippen LogP contribution in [-0.2, 0) is 0 Å². The van der Waals surface area contributed by atoms with Crippen molar-refractivity contribution in [1.82, 2.24) is 4.98 Å². The molecule has 1 N–H and O–H groups in total. The van der Waals surface area contributed by atoms with E-state index >= 15 is 0 Å². The minimum atomic E-state index is 0.198. The van der Waals surface area contributed by atoms with Gasteiger partial charge in [-0.3, -0.25) is 0 Å². The number of rotatable bonds is 4. The summed E-state index contributed by atoms with van der Waals surface area (Å²) >= 11 is 1.75. The lowest BCUT2D eigenvalue weighted by molar-refractivity contribution is 0.241. The summed E-state index contributed by atoms with van der Waals surface area (Å²) in [6, 6.07) is 2.75. The Hall–Kier alpha value is -1.29. The number of anilines is 1. The molecule has 1 fully saturated rings. The molecule has 0 saturated heterocycles. The number of aromatic nitrogens is 1. The van der Waals surface area contributed by atoms with Gasteiger partial charge in [-0.2, -0.15) is 0 Å². The van der Waals surface area contributed by atoms with Crippen molar-refractivity contribution in [3.63, 3.8) is 0 Å². The molecule has 1 saturated carbocycles. The lowest BCUT2D eigenvalue weighted by atomic mass is 9.96. The number of hydrogen-bond donors (Lipinski definition) is 1. The summed E-state index contributed by atoms with van der Waals surface area (Å²) in [7, 11) is 0. The van der Waals surface area contributed by atoms with E-state index in [1.165, 1.54) is 47.9 Å². The van der Waals surface area contributed by atoms with Gasteiger partial charge in [-0.15, -0.1) is 0 Å². The van der Waals surface area contributed by atoms with Crippen LogP contribution in [0.3, 0.4) is 0 Å². The molecule has 0 amide bonds. The van der Waals surface area contributed by atoms with Crippen LogP contribution in [0.4, 0.5) is 5.13 Å². The van der Waals surface area contributed by atoms with Crippen molar-refractivity contribution in [2.75, 3.05) is 5.32 Å². The predicted molar refractivity (Wildman–Crippen MR) is 95.4 cm³/mol. The number of nitrogens with one attached hydrogen (secondary N) is 1. The standard InChI is InChI=1S/C18H26N2OS/c1-11(2)21-15-10-16-17(13(4)12(15)3)20-18(22-16)19-14-8-6-5-7-9-14/h10-11,14H,5-9H2,1-4H3,(H,19,20). The van der Waals surface area contributed by atoms with E-state index in [9.17, 15) is 0 Å². The quantitative estimate of drug-likeness (QED) is 0.814. The second-order valence-electron chi connectivity index (χ2n) is 6.64. The highest BCUT2D eigenvalue weighted by Crippen LogP contribution is 2.36. The molecule has 1 aromatic heterocycles. The van der Waals surface area contributed by atoms with Crippen molar-refractivity contribution in [3.05, 3.63) is 17.2 Å². The summed E-state index contributed by atoms with van der Waals surface area (Å²) in [5, 5.41) is 4.70. The second-order valence-corrected chi connectivity index (χ2v) is 7.67. The Morgan fingerprint density at radius 1 is 1.18 bits per heavy atom. The SMILES string of the molecule is Cc1c(OC(C)C)cc2sc(NC3CCCCC3)nc2c1C. The number of fused-ring (bicyclic) bond motifs is 1. The first-order valence-electron chi connectivity index (χ1n) is 8.38. The Labute approximate surface area is 137 Å². The van der Waals surface area contributed by atoms with E-state index in [0.29, 0.717) is 6.04 Å². The van der Waals surface area contributed by atoms with Gasteiger partial charge in [0.25, 0.3) is 0 Å².